The Morgan fingerprint density at radius 1 is 1.15 bits per heavy atom. The molecule has 0 fully saturated rings. The number of primary sulfonamides is 1. The number of furan rings is 1. The van der Waals surface area contributed by atoms with Gasteiger partial charge in [-0.05, 0) is 36.4 Å². The van der Waals surface area contributed by atoms with Gasteiger partial charge in [-0.1, -0.05) is 0 Å². The third-order valence-electron chi connectivity index (χ3n) is 2.53. The highest BCUT2D eigenvalue weighted by atomic mass is 32.2. The van der Waals surface area contributed by atoms with Crippen LogP contribution in [0.15, 0.2) is 45.7 Å². The summed E-state index contributed by atoms with van der Waals surface area (Å²) in [6, 6.07) is 8.60. The van der Waals surface area contributed by atoms with Crippen molar-refractivity contribution in [3.05, 3.63) is 47.9 Å². The molecule has 0 spiro atoms. The highest BCUT2D eigenvalue weighted by molar-refractivity contribution is 7.89. The minimum Gasteiger partial charge on any atom is -0.455 e. The van der Waals surface area contributed by atoms with Crippen molar-refractivity contribution in [2.24, 2.45) is 10.9 Å². The molecule has 0 unspecified atom stereocenters. The fourth-order valence-electron chi connectivity index (χ4n) is 1.53. The Kier molecular flexibility index (Phi) is 3.89. The Morgan fingerprint density at radius 2 is 1.80 bits per heavy atom. The molecule has 0 aliphatic rings. The Hall–Kier alpha value is -2.16. The van der Waals surface area contributed by atoms with E-state index in [0.29, 0.717) is 11.4 Å². The highest BCUT2D eigenvalue weighted by Gasteiger charge is 2.12. The first-order chi connectivity index (χ1) is 9.40. The van der Waals surface area contributed by atoms with Crippen molar-refractivity contribution in [1.82, 2.24) is 0 Å². The summed E-state index contributed by atoms with van der Waals surface area (Å²) >= 11 is 0. The maximum Gasteiger partial charge on any atom is 0.291 e. The summed E-state index contributed by atoms with van der Waals surface area (Å²) in [4.78, 5) is 11.8. The van der Waals surface area contributed by atoms with E-state index in [4.69, 9.17) is 15.3 Å². The zero-order chi connectivity index (χ0) is 14.8. The summed E-state index contributed by atoms with van der Waals surface area (Å²) in [7, 11) is -3.75. The number of nitrogens with two attached hydrogens (primary N) is 2. The van der Waals surface area contributed by atoms with E-state index in [1.807, 2.05) is 0 Å². The van der Waals surface area contributed by atoms with Crippen LogP contribution in [-0.2, 0) is 16.6 Å². The van der Waals surface area contributed by atoms with Crippen molar-refractivity contribution in [1.29, 1.82) is 0 Å². The number of carbonyl (C=O) groups excluding carboxylic acids is 1. The molecule has 5 N–H and O–H groups in total. The van der Waals surface area contributed by atoms with Gasteiger partial charge in [-0.2, -0.15) is 0 Å². The minimum atomic E-state index is -3.75. The van der Waals surface area contributed by atoms with Crippen molar-refractivity contribution in [2.45, 2.75) is 11.4 Å². The number of carbonyl (C=O) groups is 1. The molecule has 7 nitrogen and oxygen atoms in total. The molecule has 2 aromatic rings. The van der Waals surface area contributed by atoms with Crippen LogP contribution >= 0.6 is 0 Å². The molecule has 0 saturated heterocycles. The molecule has 0 radical (unpaired) electrons. The van der Waals surface area contributed by atoms with Gasteiger partial charge in [0, 0.05) is 5.69 Å². The molecule has 106 valence electrons. The van der Waals surface area contributed by atoms with Crippen LogP contribution in [0.2, 0.25) is 0 Å². The molecule has 2 rings (SSSR count). The third-order valence-corrected chi connectivity index (χ3v) is 3.46. The second-order valence-corrected chi connectivity index (χ2v) is 5.56. The zero-order valence-electron chi connectivity index (χ0n) is 10.4. The third kappa shape index (κ3) is 3.23. The van der Waals surface area contributed by atoms with Gasteiger partial charge in [0.15, 0.2) is 5.76 Å². The van der Waals surface area contributed by atoms with E-state index in [1.54, 1.807) is 6.07 Å². The van der Waals surface area contributed by atoms with E-state index in [1.165, 1.54) is 30.3 Å². The first kappa shape index (κ1) is 14.3. The average Bonchev–Trinajstić information content (AvgIpc) is 2.87. The minimum absolute atomic E-state index is 0.0288. The zero-order valence-corrected chi connectivity index (χ0v) is 11.2. The quantitative estimate of drug-likeness (QED) is 0.762. The fraction of sp³-hybridized carbons (Fsp3) is 0.0833. The fourth-order valence-corrected chi connectivity index (χ4v) is 2.05. The Labute approximate surface area is 115 Å². The second-order valence-electron chi connectivity index (χ2n) is 3.99. The number of benzene rings is 1. The molecule has 0 atom stereocenters. The van der Waals surface area contributed by atoms with Gasteiger partial charge in [0.25, 0.3) is 5.91 Å². The monoisotopic (exact) mass is 295 g/mol. The number of rotatable bonds is 4. The molecule has 1 amide bonds. The molecule has 1 heterocycles. The maximum absolute atomic E-state index is 11.8. The van der Waals surface area contributed by atoms with Crippen molar-refractivity contribution in [2.75, 3.05) is 5.32 Å². The Morgan fingerprint density at radius 3 is 2.30 bits per heavy atom. The van der Waals surface area contributed by atoms with Gasteiger partial charge in [0.2, 0.25) is 10.0 Å². The molecule has 0 bridgehead atoms. The maximum atomic E-state index is 11.8. The van der Waals surface area contributed by atoms with Crippen LogP contribution < -0.4 is 16.2 Å². The van der Waals surface area contributed by atoms with Crippen LogP contribution in [0.3, 0.4) is 0 Å². The normalized spacial score (nSPS) is 11.3. The predicted molar refractivity (Wildman–Crippen MR) is 72.4 cm³/mol. The number of hydrogen-bond donors (Lipinski definition) is 3. The topological polar surface area (TPSA) is 128 Å². The summed E-state index contributed by atoms with van der Waals surface area (Å²) < 4.78 is 27.4. The molecule has 1 aromatic carbocycles. The number of anilines is 1. The predicted octanol–water partition coefficient (Wildman–Crippen LogP) is 0.638. The lowest BCUT2D eigenvalue weighted by Gasteiger charge is -2.04. The van der Waals surface area contributed by atoms with Gasteiger partial charge < -0.3 is 15.5 Å². The van der Waals surface area contributed by atoms with E-state index >= 15 is 0 Å². The molecule has 1 aromatic heterocycles. The van der Waals surface area contributed by atoms with Crippen molar-refractivity contribution in [3.63, 3.8) is 0 Å². The first-order valence-electron chi connectivity index (χ1n) is 5.63. The van der Waals surface area contributed by atoms with Gasteiger partial charge in [0.05, 0.1) is 11.4 Å². The van der Waals surface area contributed by atoms with Crippen LogP contribution in [0, 0.1) is 0 Å². The molecule has 20 heavy (non-hydrogen) atoms. The number of sulfonamides is 1. The largest absolute Gasteiger partial charge is 0.455 e. The smallest absolute Gasteiger partial charge is 0.291 e. The summed E-state index contributed by atoms with van der Waals surface area (Å²) in [6.07, 6.45) is 0. The molecule has 0 saturated carbocycles. The van der Waals surface area contributed by atoms with E-state index in [9.17, 15) is 13.2 Å². The molecule has 8 heteroatoms. The van der Waals surface area contributed by atoms with Crippen molar-refractivity contribution in [3.8, 4) is 0 Å². The Bertz CT molecular complexity index is 719. The Balaban J connectivity index is 2.12. The van der Waals surface area contributed by atoms with Crippen molar-refractivity contribution < 1.29 is 17.6 Å². The van der Waals surface area contributed by atoms with Gasteiger partial charge in [0.1, 0.15) is 5.76 Å². The van der Waals surface area contributed by atoms with Gasteiger partial charge in [-0.25, -0.2) is 13.6 Å². The van der Waals surface area contributed by atoms with Crippen LogP contribution in [-0.4, -0.2) is 14.3 Å². The van der Waals surface area contributed by atoms with Crippen molar-refractivity contribution >= 4 is 21.6 Å². The summed E-state index contributed by atoms with van der Waals surface area (Å²) in [5, 5.41) is 7.54. The van der Waals surface area contributed by atoms with Crippen LogP contribution in [0.5, 0.6) is 0 Å². The number of amides is 1. The van der Waals surface area contributed by atoms with Crippen LogP contribution in [0.4, 0.5) is 5.69 Å². The van der Waals surface area contributed by atoms with Crippen LogP contribution in [0.1, 0.15) is 16.3 Å². The number of nitrogens with one attached hydrogen (secondary N) is 1. The SMILES string of the molecule is NCc1ccc(C(=O)Nc2ccc(S(N)(=O)=O)cc2)o1. The summed E-state index contributed by atoms with van der Waals surface area (Å²) in [6.45, 7) is 0.205. The number of hydrogen-bond acceptors (Lipinski definition) is 5. The lowest BCUT2D eigenvalue weighted by molar-refractivity contribution is 0.0995. The second kappa shape index (κ2) is 5.45. The molecular formula is C12H13N3O4S. The lowest BCUT2D eigenvalue weighted by Crippen LogP contribution is -2.13. The van der Waals surface area contributed by atoms with E-state index in [-0.39, 0.29) is 17.2 Å². The van der Waals surface area contributed by atoms with Gasteiger partial charge in [-0.15, -0.1) is 0 Å². The lowest BCUT2D eigenvalue weighted by atomic mass is 10.3. The summed E-state index contributed by atoms with van der Waals surface area (Å²) in [5.41, 5.74) is 5.80. The molecular weight excluding hydrogens is 282 g/mol. The van der Waals surface area contributed by atoms with Gasteiger partial charge >= 0.3 is 0 Å². The van der Waals surface area contributed by atoms with E-state index < -0.39 is 15.9 Å². The first-order valence-corrected chi connectivity index (χ1v) is 7.18. The van der Waals surface area contributed by atoms with E-state index in [0.717, 1.165) is 0 Å². The summed E-state index contributed by atoms with van der Waals surface area (Å²) in [5.74, 6) is 0.175. The van der Waals surface area contributed by atoms with Crippen LogP contribution in [0.25, 0.3) is 0 Å². The molecule has 0 aliphatic carbocycles. The standard InChI is InChI=1S/C12H13N3O4S/c13-7-9-3-6-11(19-9)12(16)15-8-1-4-10(5-2-8)20(14,17)18/h1-6H,7,13H2,(H,15,16)(H2,14,17,18). The van der Waals surface area contributed by atoms with Gasteiger partial charge in [-0.3, -0.25) is 4.79 Å². The average molecular weight is 295 g/mol. The van der Waals surface area contributed by atoms with E-state index in [2.05, 4.69) is 5.32 Å². The highest BCUT2D eigenvalue weighted by Crippen LogP contribution is 2.15. The molecule has 0 aliphatic heterocycles.